The van der Waals surface area contributed by atoms with Gasteiger partial charge >= 0.3 is 6.18 Å². The average molecular weight is 448 g/mol. The van der Waals surface area contributed by atoms with E-state index in [0.29, 0.717) is 25.5 Å². The lowest BCUT2D eigenvalue weighted by Gasteiger charge is -2.40. The number of carbonyl (C=O) groups is 1. The number of carbonyl (C=O) groups excluding carboxylic acids is 1. The second-order valence-electron chi connectivity index (χ2n) is 8.39. The quantitative estimate of drug-likeness (QED) is 0.778. The van der Waals surface area contributed by atoms with Crippen LogP contribution in [-0.2, 0) is 17.5 Å². The molecule has 0 radical (unpaired) electrons. The summed E-state index contributed by atoms with van der Waals surface area (Å²) < 4.78 is 38.4. The molecular formula is C22H27F3N6O. The van der Waals surface area contributed by atoms with Crippen molar-refractivity contribution >= 4 is 17.3 Å². The molecule has 4 heterocycles. The molecule has 2 aliphatic heterocycles. The molecule has 0 aromatic carbocycles. The second kappa shape index (κ2) is 8.93. The number of piperazine rings is 1. The molecule has 0 aliphatic carbocycles. The largest absolute Gasteiger partial charge is 0.417 e. The van der Waals surface area contributed by atoms with Gasteiger partial charge in [0.2, 0.25) is 5.91 Å². The molecule has 0 unspecified atom stereocenters. The van der Waals surface area contributed by atoms with E-state index in [9.17, 15) is 18.0 Å². The number of halogens is 3. The second-order valence-corrected chi connectivity index (χ2v) is 8.39. The Kier molecular flexibility index (Phi) is 6.23. The number of pyridine rings is 1. The van der Waals surface area contributed by atoms with Gasteiger partial charge < -0.3 is 9.80 Å². The Morgan fingerprint density at radius 2 is 2.03 bits per heavy atom. The normalized spacial score (nSPS) is 20.4. The van der Waals surface area contributed by atoms with E-state index in [4.69, 9.17) is 0 Å². The van der Waals surface area contributed by atoms with Crippen LogP contribution < -0.4 is 4.90 Å². The van der Waals surface area contributed by atoms with E-state index in [1.165, 1.54) is 11.6 Å². The lowest BCUT2D eigenvalue weighted by molar-refractivity contribution is -0.137. The molecule has 7 nitrogen and oxygen atoms in total. The number of H-pyrrole nitrogens is 1. The van der Waals surface area contributed by atoms with Gasteiger partial charge in [-0.25, -0.2) is 4.98 Å². The predicted octanol–water partition coefficient (Wildman–Crippen LogP) is 3.17. The topological polar surface area (TPSA) is 68.4 Å². The lowest BCUT2D eigenvalue weighted by Crippen LogP contribution is -2.51. The molecule has 4 rings (SSSR count). The summed E-state index contributed by atoms with van der Waals surface area (Å²) in [5.41, 5.74) is 2.58. The van der Waals surface area contributed by atoms with E-state index in [0.717, 1.165) is 49.6 Å². The molecule has 0 saturated carbocycles. The first kappa shape index (κ1) is 22.3. The molecule has 2 aromatic heterocycles. The van der Waals surface area contributed by atoms with E-state index in [1.54, 1.807) is 6.92 Å². The summed E-state index contributed by atoms with van der Waals surface area (Å²) in [4.78, 5) is 21.8. The average Bonchev–Trinajstić information content (AvgIpc) is 3.21. The van der Waals surface area contributed by atoms with Crippen LogP contribution >= 0.6 is 0 Å². The number of hydrogen-bond acceptors (Lipinski definition) is 5. The van der Waals surface area contributed by atoms with Crippen LogP contribution in [0.15, 0.2) is 30.6 Å². The Balaban J connectivity index is 1.38. The van der Waals surface area contributed by atoms with Crippen LogP contribution in [0.2, 0.25) is 0 Å². The highest BCUT2D eigenvalue weighted by Crippen LogP contribution is 2.30. The minimum atomic E-state index is -4.38. The first-order chi connectivity index (χ1) is 15.2. The van der Waals surface area contributed by atoms with Crippen LogP contribution in [0.25, 0.3) is 5.57 Å². The molecule has 0 spiro atoms. The van der Waals surface area contributed by atoms with Crippen LogP contribution in [-0.4, -0.2) is 69.7 Å². The third-order valence-electron chi connectivity index (χ3n) is 6.17. The van der Waals surface area contributed by atoms with Gasteiger partial charge in [-0.05, 0) is 31.1 Å². The van der Waals surface area contributed by atoms with Crippen LogP contribution in [0, 0.1) is 0 Å². The Morgan fingerprint density at radius 1 is 1.22 bits per heavy atom. The highest BCUT2D eigenvalue weighted by Gasteiger charge is 2.32. The predicted molar refractivity (Wildman–Crippen MR) is 115 cm³/mol. The molecule has 172 valence electrons. The lowest BCUT2D eigenvalue weighted by atomic mass is 10.0. The maximum Gasteiger partial charge on any atom is 0.417 e. The van der Waals surface area contributed by atoms with Crippen molar-refractivity contribution in [3.05, 3.63) is 47.4 Å². The third-order valence-corrected chi connectivity index (χ3v) is 6.17. The summed E-state index contributed by atoms with van der Waals surface area (Å²) in [6.07, 6.45) is 1.24. The van der Waals surface area contributed by atoms with Gasteiger partial charge in [0.05, 0.1) is 17.5 Å². The molecule has 1 saturated heterocycles. The van der Waals surface area contributed by atoms with Crippen molar-refractivity contribution in [1.29, 1.82) is 0 Å². The zero-order valence-corrected chi connectivity index (χ0v) is 18.2. The van der Waals surface area contributed by atoms with Crippen LogP contribution in [0.5, 0.6) is 0 Å². The highest BCUT2D eigenvalue weighted by molar-refractivity contribution is 5.75. The van der Waals surface area contributed by atoms with Gasteiger partial charge in [-0.2, -0.15) is 18.3 Å². The summed E-state index contributed by atoms with van der Waals surface area (Å²) in [5.74, 6) is 0.649. The summed E-state index contributed by atoms with van der Waals surface area (Å²) in [7, 11) is 0. The van der Waals surface area contributed by atoms with Gasteiger partial charge in [0.1, 0.15) is 5.82 Å². The molecule has 1 fully saturated rings. The van der Waals surface area contributed by atoms with Crippen molar-refractivity contribution in [3.63, 3.8) is 0 Å². The van der Waals surface area contributed by atoms with Gasteiger partial charge in [0.25, 0.3) is 0 Å². The van der Waals surface area contributed by atoms with Gasteiger partial charge in [-0.15, -0.1) is 0 Å². The Morgan fingerprint density at radius 3 is 2.62 bits per heavy atom. The molecule has 1 amide bonds. The molecule has 0 bridgehead atoms. The van der Waals surface area contributed by atoms with Crippen molar-refractivity contribution in [1.82, 2.24) is 25.0 Å². The number of hydrogen-bond donors (Lipinski definition) is 1. The number of amides is 1. The fraction of sp³-hybridized carbons (Fsp3) is 0.500. The summed E-state index contributed by atoms with van der Waals surface area (Å²) in [6.45, 7) is 7.91. The van der Waals surface area contributed by atoms with Crippen molar-refractivity contribution in [2.75, 3.05) is 37.6 Å². The number of aromatic nitrogens is 3. The molecule has 2 aromatic rings. The van der Waals surface area contributed by atoms with Crippen LogP contribution in [0.3, 0.4) is 0 Å². The van der Waals surface area contributed by atoms with Gasteiger partial charge in [-0.1, -0.05) is 6.08 Å². The SMILES string of the molecule is CC(=O)N1CC=C(c2[nH]ncc2CN2CCN(c3ccc(C(F)(F)F)cn3)[C@H](C)C2)CC1. The first-order valence-electron chi connectivity index (χ1n) is 10.7. The van der Waals surface area contributed by atoms with E-state index in [2.05, 4.69) is 33.1 Å². The first-order valence-corrected chi connectivity index (χ1v) is 10.7. The van der Waals surface area contributed by atoms with E-state index in [1.807, 2.05) is 16.0 Å². The van der Waals surface area contributed by atoms with Gasteiger partial charge in [0, 0.05) is 64.0 Å². The van der Waals surface area contributed by atoms with Gasteiger partial charge in [-0.3, -0.25) is 14.8 Å². The van der Waals surface area contributed by atoms with E-state index >= 15 is 0 Å². The zero-order valence-electron chi connectivity index (χ0n) is 18.2. The fourth-order valence-electron chi connectivity index (χ4n) is 4.37. The Labute approximate surface area is 184 Å². The van der Waals surface area contributed by atoms with Crippen LogP contribution in [0.1, 0.15) is 37.1 Å². The molecule has 1 atom stereocenters. The zero-order chi connectivity index (χ0) is 22.9. The number of aromatic amines is 1. The summed E-state index contributed by atoms with van der Waals surface area (Å²) in [6, 6.07) is 2.65. The highest BCUT2D eigenvalue weighted by atomic mass is 19.4. The minimum absolute atomic E-state index is 0.0829. The number of rotatable bonds is 4. The summed E-state index contributed by atoms with van der Waals surface area (Å²) in [5, 5.41) is 7.35. The van der Waals surface area contributed by atoms with Crippen molar-refractivity contribution in [3.8, 4) is 0 Å². The molecule has 10 heteroatoms. The maximum absolute atomic E-state index is 12.8. The number of anilines is 1. The fourth-order valence-corrected chi connectivity index (χ4v) is 4.37. The molecule has 1 N–H and O–H groups in total. The maximum atomic E-state index is 12.8. The monoisotopic (exact) mass is 448 g/mol. The molecular weight excluding hydrogens is 421 g/mol. The number of alkyl halides is 3. The van der Waals surface area contributed by atoms with Crippen LogP contribution in [0.4, 0.5) is 19.0 Å². The summed E-state index contributed by atoms with van der Waals surface area (Å²) >= 11 is 0. The van der Waals surface area contributed by atoms with Crippen molar-refractivity contribution in [2.45, 2.75) is 39.0 Å². The van der Waals surface area contributed by atoms with Crippen molar-refractivity contribution in [2.24, 2.45) is 0 Å². The number of nitrogens with one attached hydrogen (secondary N) is 1. The number of nitrogens with zero attached hydrogens (tertiary/aromatic N) is 5. The van der Waals surface area contributed by atoms with E-state index < -0.39 is 11.7 Å². The molecule has 32 heavy (non-hydrogen) atoms. The van der Waals surface area contributed by atoms with E-state index in [-0.39, 0.29) is 11.9 Å². The van der Waals surface area contributed by atoms with Gasteiger partial charge in [0.15, 0.2) is 0 Å². The third kappa shape index (κ3) is 4.79. The smallest absolute Gasteiger partial charge is 0.351 e. The molecule has 2 aliphatic rings. The minimum Gasteiger partial charge on any atom is -0.351 e. The Bertz CT molecular complexity index is 984. The standard InChI is InChI=1S/C22H27F3N6O/c1-15-13-29(9-10-31(15)20-4-3-19(12-26-20)22(23,24)25)14-18-11-27-28-21(18)17-5-7-30(8-6-17)16(2)32/h3-5,11-12,15H,6-10,13-14H2,1-2H3,(H,27,28)/t15-/m1/s1. The Hall–Kier alpha value is -2.88. The van der Waals surface area contributed by atoms with Crippen molar-refractivity contribution < 1.29 is 18.0 Å².